The van der Waals surface area contributed by atoms with E-state index in [0.29, 0.717) is 19.6 Å². The zero-order valence-corrected chi connectivity index (χ0v) is 15.9. The number of nitrogens with zero attached hydrogens (tertiary/aromatic N) is 3. The first-order valence-corrected chi connectivity index (χ1v) is 9.75. The number of piperazine rings is 1. The highest BCUT2D eigenvalue weighted by Crippen LogP contribution is 2.25. The molecular formula is C20H33N3O3. The van der Waals surface area contributed by atoms with E-state index in [1.165, 1.54) is 0 Å². The number of hydrogen-bond acceptors (Lipinski definition) is 6. The highest BCUT2D eigenvalue weighted by atomic mass is 16.5. The molecule has 0 amide bonds. The predicted molar refractivity (Wildman–Crippen MR) is 102 cm³/mol. The fourth-order valence-corrected chi connectivity index (χ4v) is 3.84. The molecule has 2 aliphatic heterocycles. The summed E-state index contributed by atoms with van der Waals surface area (Å²) in [6.07, 6.45) is 1.58. The number of benzene rings is 1. The Kier molecular flexibility index (Phi) is 6.89. The average Bonchev–Trinajstić information content (AvgIpc) is 2.65. The second-order valence-electron chi connectivity index (χ2n) is 7.80. The van der Waals surface area contributed by atoms with Crippen molar-refractivity contribution in [3.05, 3.63) is 29.8 Å². The van der Waals surface area contributed by atoms with Gasteiger partial charge in [-0.1, -0.05) is 18.2 Å². The van der Waals surface area contributed by atoms with Gasteiger partial charge in [-0.2, -0.15) is 0 Å². The molecule has 1 atom stereocenters. The highest BCUT2D eigenvalue weighted by molar-refractivity contribution is 5.33. The van der Waals surface area contributed by atoms with Gasteiger partial charge in [0.2, 0.25) is 0 Å². The average molecular weight is 364 g/mol. The molecule has 146 valence electrons. The SMILES string of the molecule is CN1CCN(CCOc2ccccc2CN2CCCC(O)(CO)C2)CC1. The van der Waals surface area contributed by atoms with Gasteiger partial charge in [0, 0.05) is 51.4 Å². The van der Waals surface area contributed by atoms with Crippen LogP contribution in [0.1, 0.15) is 18.4 Å². The van der Waals surface area contributed by atoms with Crippen LogP contribution in [-0.2, 0) is 6.54 Å². The van der Waals surface area contributed by atoms with Crippen molar-refractivity contribution in [2.45, 2.75) is 25.0 Å². The quantitative estimate of drug-likeness (QED) is 0.741. The lowest BCUT2D eigenvalue weighted by molar-refractivity contribution is -0.0688. The molecule has 2 fully saturated rings. The molecule has 2 heterocycles. The first-order chi connectivity index (χ1) is 12.6. The molecule has 0 radical (unpaired) electrons. The Morgan fingerprint density at radius 2 is 1.85 bits per heavy atom. The lowest BCUT2D eigenvalue weighted by Gasteiger charge is -2.38. The van der Waals surface area contributed by atoms with Crippen LogP contribution in [0.5, 0.6) is 5.75 Å². The molecule has 1 aromatic carbocycles. The number of likely N-dealkylation sites (N-methyl/N-ethyl adjacent to an activating group) is 1. The Hall–Kier alpha value is -1.18. The maximum Gasteiger partial charge on any atom is 0.123 e. The molecule has 3 rings (SSSR count). The number of aliphatic hydroxyl groups excluding tert-OH is 1. The molecule has 0 aromatic heterocycles. The lowest BCUT2D eigenvalue weighted by atomic mass is 9.93. The third-order valence-corrected chi connectivity index (χ3v) is 5.56. The summed E-state index contributed by atoms with van der Waals surface area (Å²) in [5.74, 6) is 0.930. The van der Waals surface area contributed by atoms with Gasteiger partial charge < -0.3 is 19.8 Å². The first kappa shape index (κ1) is 19.6. The summed E-state index contributed by atoms with van der Waals surface area (Å²) in [6, 6.07) is 8.17. The van der Waals surface area contributed by atoms with Crippen molar-refractivity contribution in [1.82, 2.24) is 14.7 Å². The van der Waals surface area contributed by atoms with Crippen molar-refractivity contribution in [3.8, 4) is 5.75 Å². The van der Waals surface area contributed by atoms with Crippen LogP contribution in [0.15, 0.2) is 24.3 Å². The van der Waals surface area contributed by atoms with Gasteiger partial charge in [0.05, 0.1) is 6.61 Å². The van der Waals surface area contributed by atoms with Crippen molar-refractivity contribution in [3.63, 3.8) is 0 Å². The molecule has 1 aromatic rings. The van der Waals surface area contributed by atoms with Gasteiger partial charge in [0.1, 0.15) is 18.0 Å². The van der Waals surface area contributed by atoms with Crippen molar-refractivity contribution in [2.24, 2.45) is 0 Å². The summed E-state index contributed by atoms with van der Waals surface area (Å²) in [4.78, 5) is 7.02. The lowest BCUT2D eigenvalue weighted by Crippen LogP contribution is -2.50. The van der Waals surface area contributed by atoms with Crippen molar-refractivity contribution >= 4 is 0 Å². The van der Waals surface area contributed by atoms with Crippen LogP contribution < -0.4 is 4.74 Å². The fourth-order valence-electron chi connectivity index (χ4n) is 3.84. The highest BCUT2D eigenvalue weighted by Gasteiger charge is 2.32. The molecule has 2 saturated heterocycles. The second-order valence-corrected chi connectivity index (χ2v) is 7.80. The minimum Gasteiger partial charge on any atom is -0.492 e. The minimum absolute atomic E-state index is 0.174. The van der Waals surface area contributed by atoms with E-state index in [1.54, 1.807) is 0 Å². The Bertz CT molecular complexity index is 563. The van der Waals surface area contributed by atoms with Gasteiger partial charge >= 0.3 is 0 Å². The molecule has 2 aliphatic rings. The zero-order valence-electron chi connectivity index (χ0n) is 15.9. The maximum atomic E-state index is 10.4. The van der Waals surface area contributed by atoms with Crippen LogP contribution in [0, 0.1) is 0 Å². The van der Waals surface area contributed by atoms with E-state index < -0.39 is 5.60 Å². The summed E-state index contributed by atoms with van der Waals surface area (Å²) in [5, 5.41) is 19.8. The van der Waals surface area contributed by atoms with Crippen molar-refractivity contribution in [1.29, 1.82) is 0 Å². The van der Waals surface area contributed by atoms with Crippen LogP contribution in [0.25, 0.3) is 0 Å². The van der Waals surface area contributed by atoms with Gasteiger partial charge in [-0.25, -0.2) is 0 Å². The van der Waals surface area contributed by atoms with Gasteiger partial charge in [-0.15, -0.1) is 0 Å². The number of likely N-dealkylation sites (tertiary alicyclic amines) is 1. The molecule has 0 aliphatic carbocycles. The van der Waals surface area contributed by atoms with Gasteiger partial charge in [-0.3, -0.25) is 9.80 Å². The van der Waals surface area contributed by atoms with E-state index >= 15 is 0 Å². The molecule has 0 spiro atoms. The van der Waals surface area contributed by atoms with Gasteiger partial charge in [0.25, 0.3) is 0 Å². The van der Waals surface area contributed by atoms with E-state index in [1.807, 2.05) is 18.2 Å². The van der Waals surface area contributed by atoms with Crippen LogP contribution >= 0.6 is 0 Å². The van der Waals surface area contributed by atoms with Crippen molar-refractivity contribution < 1.29 is 14.9 Å². The largest absolute Gasteiger partial charge is 0.492 e. The van der Waals surface area contributed by atoms with Gasteiger partial charge in [0.15, 0.2) is 0 Å². The number of ether oxygens (including phenoxy) is 1. The number of aliphatic hydroxyl groups is 2. The second kappa shape index (κ2) is 9.15. The zero-order chi connectivity index (χ0) is 18.4. The number of hydrogen-bond donors (Lipinski definition) is 2. The summed E-state index contributed by atoms with van der Waals surface area (Å²) in [5.41, 5.74) is 0.184. The molecule has 0 saturated carbocycles. The van der Waals surface area contributed by atoms with Crippen LogP contribution in [0.4, 0.5) is 0 Å². The predicted octanol–water partition coefficient (Wildman–Crippen LogP) is 0.632. The molecule has 2 N–H and O–H groups in total. The molecule has 26 heavy (non-hydrogen) atoms. The van der Waals surface area contributed by atoms with Gasteiger partial charge in [-0.05, 0) is 32.5 Å². The normalized spacial score (nSPS) is 26.1. The van der Waals surface area contributed by atoms with E-state index in [4.69, 9.17) is 4.74 Å². The van der Waals surface area contributed by atoms with E-state index in [0.717, 1.165) is 63.5 Å². The summed E-state index contributed by atoms with van der Waals surface area (Å²) in [7, 11) is 2.17. The van der Waals surface area contributed by atoms with Crippen LogP contribution in [-0.4, -0.2) is 96.6 Å². The maximum absolute atomic E-state index is 10.4. The number of piperidine rings is 1. The molecular weight excluding hydrogens is 330 g/mol. The molecule has 1 unspecified atom stereocenters. The Balaban J connectivity index is 1.51. The Morgan fingerprint density at radius 1 is 1.08 bits per heavy atom. The fraction of sp³-hybridized carbons (Fsp3) is 0.700. The third-order valence-electron chi connectivity index (χ3n) is 5.56. The van der Waals surface area contributed by atoms with Crippen LogP contribution in [0.3, 0.4) is 0 Å². The molecule has 6 nitrogen and oxygen atoms in total. The smallest absolute Gasteiger partial charge is 0.123 e. The van der Waals surface area contributed by atoms with E-state index in [-0.39, 0.29) is 6.61 Å². The summed E-state index contributed by atoms with van der Waals surface area (Å²) in [6.45, 7) is 8.14. The first-order valence-electron chi connectivity index (χ1n) is 9.75. The Morgan fingerprint density at radius 3 is 2.62 bits per heavy atom. The number of rotatable bonds is 7. The minimum atomic E-state index is -0.963. The number of β-amino-alcohol motifs (C(OH)–C–C–N with tert-alkyl or cyclic N) is 1. The summed E-state index contributed by atoms with van der Waals surface area (Å²) < 4.78 is 6.09. The Labute approximate surface area is 157 Å². The number of para-hydroxylation sites is 1. The third kappa shape index (κ3) is 5.41. The van der Waals surface area contributed by atoms with E-state index in [2.05, 4.69) is 27.8 Å². The standard InChI is InChI=1S/C20H33N3O3/c1-21-9-11-22(12-10-21)13-14-26-19-6-3-2-5-18(19)15-23-8-4-7-20(25,16-23)17-24/h2-3,5-6,24-25H,4,7-17H2,1H3. The monoisotopic (exact) mass is 363 g/mol. The summed E-state index contributed by atoms with van der Waals surface area (Å²) >= 11 is 0. The molecule has 0 bridgehead atoms. The molecule has 6 heteroatoms. The van der Waals surface area contributed by atoms with Crippen LogP contribution in [0.2, 0.25) is 0 Å². The topological polar surface area (TPSA) is 59.4 Å². The van der Waals surface area contributed by atoms with E-state index in [9.17, 15) is 10.2 Å². The van der Waals surface area contributed by atoms with Crippen molar-refractivity contribution in [2.75, 3.05) is 66.1 Å².